The molecule has 2 aliphatic heterocycles. The molecule has 4 rings (SSSR count). The molecular weight excluding hydrogens is 556 g/mol. The van der Waals surface area contributed by atoms with Gasteiger partial charge in [0.05, 0.1) is 25.3 Å². The van der Waals surface area contributed by atoms with Gasteiger partial charge in [0, 0.05) is 35.0 Å². The number of esters is 2. The van der Waals surface area contributed by atoms with Crippen LogP contribution in [0.2, 0.25) is 0 Å². The van der Waals surface area contributed by atoms with E-state index < -0.39 is 0 Å². The lowest BCUT2D eigenvalue weighted by molar-refractivity contribution is -0.246. The number of rotatable bonds is 7. The largest absolute Gasteiger partial charge is 0.459 e. The van der Waals surface area contributed by atoms with Gasteiger partial charge in [0.2, 0.25) is 0 Å². The molecule has 242 valence electrons. The Hall–Kier alpha value is -2.78. The zero-order valence-corrected chi connectivity index (χ0v) is 28.4. The van der Waals surface area contributed by atoms with E-state index >= 15 is 0 Å². The maximum Gasteiger partial charge on any atom is 0.338 e. The lowest BCUT2D eigenvalue weighted by atomic mass is 9.95. The number of hydrogen-bond donors (Lipinski definition) is 0. The second-order valence-electron chi connectivity index (χ2n) is 14.9. The zero-order valence-electron chi connectivity index (χ0n) is 28.4. The Morgan fingerprint density at radius 2 is 0.886 bits per heavy atom. The highest BCUT2D eigenvalue weighted by molar-refractivity contribution is 5.91. The van der Waals surface area contributed by atoms with Crippen LogP contribution in [-0.4, -0.2) is 70.6 Å². The molecule has 44 heavy (non-hydrogen) atoms. The van der Waals surface area contributed by atoms with Gasteiger partial charge in [-0.25, -0.2) is 9.59 Å². The van der Waals surface area contributed by atoms with Crippen molar-refractivity contribution in [3.05, 3.63) is 59.7 Å². The summed E-state index contributed by atoms with van der Waals surface area (Å²) in [4.78, 5) is 37.6. The molecule has 2 aliphatic rings. The first-order valence-corrected chi connectivity index (χ1v) is 15.8. The second kappa shape index (κ2) is 12.9. The molecule has 2 saturated heterocycles. The van der Waals surface area contributed by atoms with Crippen molar-refractivity contribution in [3.8, 4) is 11.1 Å². The number of carbonyl (C=O) groups is 2. The van der Waals surface area contributed by atoms with Crippen LogP contribution in [0.25, 0.3) is 11.1 Å². The molecule has 0 saturated carbocycles. The summed E-state index contributed by atoms with van der Waals surface area (Å²) >= 11 is 0. The van der Waals surface area contributed by atoms with Gasteiger partial charge in [-0.05, 0) is 116 Å². The van der Waals surface area contributed by atoms with Crippen LogP contribution in [0.15, 0.2) is 48.5 Å². The van der Waals surface area contributed by atoms with E-state index in [0.29, 0.717) is 24.0 Å². The van der Waals surface area contributed by atoms with Crippen molar-refractivity contribution in [3.63, 3.8) is 0 Å². The Bertz CT molecular complexity index is 1200. The average Bonchev–Trinajstić information content (AvgIpc) is 3.09. The molecule has 2 aromatic carbocycles. The number of hydrogen-bond acceptors (Lipinski definition) is 8. The molecule has 0 radical (unpaired) electrons. The van der Waals surface area contributed by atoms with E-state index in [4.69, 9.17) is 19.1 Å². The fraction of sp³-hybridized carbons (Fsp3) is 0.611. The van der Waals surface area contributed by atoms with Crippen molar-refractivity contribution in [2.75, 3.05) is 14.2 Å². The molecule has 2 aromatic rings. The monoisotopic (exact) mass is 608 g/mol. The number of carbonyl (C=O) groups excluding carboxylic acids is 2. The lowest BCUT2D eigenvalue weighted by Crippen LogP contribution is -2.53. The molecule has 2 fully saturated rings. The summed E-state index contributed by atoms with van der Waals surface area (Å²) < 4.78 is 12.0. The van der Waals surface area contributed by atoms with Crippen molar-refractivity contribution in [1.82, 2.24) is 10.1 Å². The molecular formula is C36H52N2O6. The minimum Gasteiger partial charge on any atom is -0.459 e. The first-order chi connectivity index (χ1) is 20.5. The summed E-state index contributed by atoms with van der Waals surface area (Å²) in [7, 11) is 3.40. The summed E-state index contributed by atoms with van der Waals surface area (Å²) in [5.41, 5.74) is 2.03. The van der Waals surface area contributed by atoms with Crippen LogP contribution >= 0.6 is 0 Å². The Balaban J connectivity index is 1.37. The third kappa shape index (κ3) is 7.53. The third-order valence-electron chi connectivity index (χ3n) is 9.30. The SMILES string of the molecule is CON1C(C)(C)CCC(OC(=O)c2ccc(-c3ccc(C(=O)OC4CCC(C)(C)N(OC)C(C)(C)C4)cc3)cc2)CC1(C)C. The maximum atomic E-state index is 13.1. The predicted octanol–water partition coefficient (Wildman–Crippen LogP) is 7.61. The van der Waals surface area contributed by atoms with Gasteiger partial charge < -0.3 is 19.1 Å². The zero-order chi connectivity index (χ0) is 32.5. The first kappa shape index (κ1) is 34.1. The molecule has 0 aliphatic carbocycles. The Labute approximate surface area is 263 Å². The molecule has 8 nitrogen and oxygen atoms in total. The van der Waals surface area contributed by atoms with Crippen LogP contribution < -0.4 is 0 Å². The van der Waals surface area contributed by atoms with Crippen molar-refractivity contribution < 1.29 is 28.7 Å². The van der Waals surface area contributed by atoms with Gasteiger partial charge in [-0.2, -0.15) is 10.1 Å². The first-order valence-electron chi connectivity index (χ1n) is 15.8. The molecule has 0 bridgehead atoms. The van der Waals surface area contributed by atoms with E-state index in [9.17, 15) is 9.59 Å². The highest BCUT2D eigenvalue weighted by Crippen LogP contribution is 2.39. The minimum atomic E-state index is -0.321. The number of benzene rings is 2. The standard InChI is InChI=1S/C36H52N2O6/c1-33(2)21-19-29(23-35(5,6)37(33)41-9)43-31(39)27-15-11-25(12-16-27)26-13-17-28(18-14-26)32(40)44-30-20-22-34(3,4)38(42-10)36(7,8)24-30/h11-18,29-30H,19-24H2,1-10H3. The summed E-state index contributed by atoms with van der Waals surface area (Å²) in [6.45, 7) is 17.1. The highest BCUT2D eigenvalue weighted by Gasteiger charge is 2.45. The van der Waals surface area contributed by atoms with Gasteiger partial charge >= 0.3 is 11.9 Å². The molecule has 0 amide bonds. The van der Waals surface area contributed by atoms with E-state index in [1.54, 1.807) is 38.5 Å². The number of nitrogens with zero attached hydrogens (tertiary/aromatic N) is 2. The van der Waals surface area contributed by atoms with E-state index in [2.05, 4.69) is 55.4 Å². The van der Waals surface area contributed by atoms with Crippen LogP contribution in [-0.2, 0) is 19.1 Å². The third-order valence-corrected chi connectivity index (χ3v) is 9.30. The van der Waals surface area contributed by atoms with Gasteiger partial charge in [-0.15, -0.1) is 0 Å². The fourth-order valence-electron chi connectivity index (χ4n) is 7.58. The molecule has 0 N–H and O–H groups in total. The van der Waals surface area contributed by atoms with E-state index in [0.717, 1.165) is 36.8 Å². The lowest BCUT2D eigenvalue weighted by Gasteiger charge is -2.44. The Morgan fingerprint density at radius 3 is 1.18 bits per heavy atom. The topological polar surface area (TPSA) is 77.5 Å². The normalized spacial score (nSPS) is 25.0. The quantitative estimate of drug-likeness (QED) is 0.297. The van der Waals surface area contributed by atoms with Gasteiger partial charge in [0.15, 0.2) is 0 Å². The van der Waals surface area contributed by atoms with Gasteiger partial charge in [0.1, 0.15) is 12.2 Å². The van der Waals surface area contributed by atoms with E-state index in [-0.39, 0.29) is 46.3 Å². The minimum absolute atomic E-state index is 0.164. The molecule has 0 spiro atoms. The van der Waals surface area contributed by atoms with E-state index in [1.165, 1.54) is 0 Å². The summed E-state index contributed by atoms with van der Waals surface area (Å²) in [5, 5.41) is 4.06. The van der Waals surface area contributed by atoms with Crippen LogP contribution in [0.1, 0.15) is 115 Å². The Kier molecular flexibility index (Phi) is 10.0. The van der Waals surface area contributed by atoms with Crippen molar-refractivity contribution >= 4 is 11.9 Å². The van der Waals surface area contributed by atoms with Crippen molar-refractivity contribution in [1.29, 1.82) is 0 Å². The van der Waals surface area contributed by atoms with Crippen molar-refractivity contribution in [2.45, 2.75) is 128 Å². The van der Waals surface area contributed by atoms with Crippen LogP contribution in [0.4, 0.5) is 0 Å². The predicted molar refractivity (Wildman–Crippen MR) is 172 cm³/mol. The molecule has 0 aromatic heterocycles. The summed E-state index contributed by atoms with van der Waals surface area (Å²) in [6.07, 6.45) is 4.24. The highest BCUT2D eigenvalue weighted by atomic mass is 16.7. The molecule has 2 unspecified atom stereocenters. The smallest absolute Gasteiger partial charge is 0.338 e. The van der Waals surface area contributed by atoms with Crippen LogP contribution in [0.3, 0.4) is 0 Å². The van der Waals surface area contributed by atoms with Crippen LogP contribution in [0, 0.1) is 0 Å². The maximum absolute atomic E-state index is 13.1. The Morgan fingerprint density at radius 1 is 0.568 bits per heavy atom. The van der Waals surface area contributed by atoms with Crippen LogP contribution in [0.5, 0.6) is 0 Å². The van der Waals surface area contributed by atoms with Crippen molar-refractivity contribution in [2.24, 2.45) is 0 Å². The van der Waals surface area contributed by atoms with E-state index in [1.807, 2.05) is 34.4 Å². The fourth-order valence-corrected chi connectivity index (χ4v) is 7.58. The second-order valence-corrected chi connectivity index (χ2v) is 14.9. The van der Waals surface area contributed by atoms with Gasteiger partial charge in [-0.3, -0.25) is 0 Å². The number of ether oxygens (including phenoxy) is 2. The van der Waals surface area contributed by atoms with Gasteiger partial charge in [0.25, 0.3) is 0 Å². The molecule has 2 heterocycles. The van der Waals surface area contributed by atoms with Gasteiger partial charge in [-0.1, -0.05) is 24.3 Å². The summed E-state index contributed by atoms with van der Waals surface area (Å²) in [5.74, 6) is -0.643. The summed E-state index contributed by atoms with van der Waals surface area (Å²) in [6, 6.07) is 14.8. The number of hydroxylamine groups is 4. The molecule has 8 heteroatoms. The average molecular weight is 609 g/mol. The molecule has 2 atom stereocenters.